The highest BCUT2D eigenvalue weighted by Gasteiger charge is 2.16. The average molecular weight is 287 g/mol. The Morgan fingerprint density at radius 1 is 1.10 bits per heavy atom. The van der Waals surface area contributed by atoms with Crippen LogP contribution in [0.4, 0.5) is 0 Å². The number of rotatable bonds is 5. The van der Waals surface area contributed by atoms with Crippen LogP contribution >= 0.6 is 11.3 Å². The Hall–Kier alpha value is -1.12. The molecule has 1 aromatic carbocycles. The van der Waals surface area contributed by atoms with Gasteiger partial charge in [-0.2, -0.15) is 0 Å². The van der Waals surface area contributed by atoms with Crippen LogP contribution in [-0.2, 0) is 0 Å². The summed E-state index contributed by atoms with van der Waals surface area (Å²) in [6, 6.07) is 9.83. The van der Waals surface area contributed by atoms with E-state index in [1.54, 1.807) is 0 Å². The van der Waals surface area contributed by atoms with Crippen LogP contribution in [0.1, 0.15) is 59.5 Å². The van der Waals surface area contributed by atoms with Crippen molar-refractivity contribution in [2.75, 3.05) is 0 Å². The minimum absolute atomic E-state index is 0.376. The highest BCUT2D eigenvalue weighted by molar-refractivity contribution is 7.10. The normalized spacial score (nSPS) is 14.2. The molecule has 1 heterocycles. The Bertz CT molecular complexity index is 557. The Morgan fingerprint density at radius 2 is 1.80 bits per heavy atom. The standard InChI is InChI=1S/C18H25NS/c1-6-17(18-8-7-9-20-18)19-15(5)16-11-13(3)12(2)10-14(16)4/h7-11,15,17,19H,6H2,1-5H3. The van der Waals surface area contributed by atoms with E-state index in [9.17, 15) is 0 Å². The predicted octanol–water partition coefficient (Wildman–Crippen LogP) is 5.48. The zero-order valence-corrected chi connectivity index (χ0v) is 14.0. The van der Waals surface area contributed by atoms with Gasteiger partial charge >= 0.3 is 0 Å². The quantitative estimate of drug-likeness (QED) is 0.768. The van der Waals surface area contributed by atoms with Crippen molar-refractivity contribution in [3.63, 3.8) is 0 Å². The third-order valence-corrected chi connectivity index (χ3v) is 5.08. The summed E-state index contributed by atoms with van der Waals surface area (Å²) in [7, 11) is 0. The Labute approximate surface area is 127 Å². The van der Waals surface area contributed by atoms with Gasteiger partial charge in [-0.3, -0.25) is 0 Å². The zero-order chi connectivity index (χ0) is 14.7. The predicted molar refractivity (Wildman–Crippen MR) is 89.6 cm³/mol. The number of hydrogen-bond acceptors (Lipinski definition) is 2. The lowest BCUT2D eigenvalue weighted by molar-refractivity contribution is 0.460. The van der Waals surface area contributed by atoms with Crippen LogP contribution in [0.5, 0.6) is 0 Å². The van der Waals surface area contributed by atoms with Gasteiger partial charge in [0.25, 0.3) is 0 Å². The summed E-state index contributed by atoms with van der Waals surface area (Å²) in [5.41, 5.74) is 5.56. The molecule has 0 radical (unpaired) electrons. The van der Waals surface area contributed by atoms with E-state index in [1.807, 2.05) is 11.3 Å². The summed E-state index contributed by atoms with van der Waals surface area (Å²) in [6.07, 6.45) is 1.12. The summed E-state index contributed by atoms with van der Waals surface area (Å²) in [5, 5.41) is 5.94. The third kappa shape index (κ3) is 3.31. The van der Waals surface area contributed by atoms with Gasteiger partial charge in [-0.25, -0.2) is 0 Å². The number of thiophene rings is 1. The molecule has 2 unspecified atom stereocenters. The van der Waals surface area contributed by atoms with Crippen LogP contribution in [0, 0.1) is 20.8 Å². The molecule has 2 rings (SSSR count). The Morgan fingerprint density at radius 3 is 2.40 bits per heavy atom. The fraction of sp³-hybridized carbons (Fsp3) is 0.444. The van der Waals surface area contributed by atoms with Gasteiger partial charge in [0.2, 0.25) is 0 Å². The van der Waals surface area contributed by atoms with Gasteiger partial charge in [0.05, 0.1) is 0 Å². The third-order valence-electron chi connectivity index (χ3n) is 4.09. The van der Waals surface area contributed by atoms with Gasteiger partial charge in [0, 0.05) is 17.0 Å². The van der Waals surface area contributed by atoms with E-state index < -0.39 is 0 Å². The smallest absolute Gasteiger partial charge is 0.0416 e. The van der Waals surface area contributed by atoms with Gasteiger partial charge < -0.3 is 5.32 Å². The maximum atomic E-state index is 3.78. The SMILES string of the molecule is CCC(NC(C)c1cc(C)c(C)cc1C)c1cccs1. The molecule has 0 aliphatic carbocycles. The zero-order valence-electron chi connectivity index (χ0n) is 13.2. The number of hydrogen-bond donors (Lipinski definition) is 1. The van der Waals surface area contributed by atoms with E-state index in [4.69, 9.17) is 0 Å². The molecule has 0 aliphatic rings. The monoisotopic (exact) mass is 287 g/mol. The van der Waals surface area contributed by atoms with Crippen molar-refractivity contribution in [1.82, 2.24) is 5.32 Å². The van der Waals surface area contributed by atoms with Gasteiger partial charge in [-0.1, -0.05) is 25.1 Å². The Kier molecular flexibility index (Phi) is 5.00. The fourth-order valence-electron chi connectivity index (χ4n) is 2.73. The van der Waals surface area contributed by atoms with E-state index in [0.29, 0.717) is 12.1 Å². The van der Waals surface area contributed by atoms with Crippen LogP contribution in [0.3, 0.4) is 0 Å². The van der Waals surface area contributed by atoms with Crippen molar-refractivity contribution in [3.8, 4) is 0 Å². The second-order valence-corrected chi connectivity index (χ2v) is 6.64. The first-order valence-corrected chi connectivity index (χ1v) is 8.28. The van der Waals surface area contributed by atoms with Crippen LogP contribution in [-0.4, -0.2) is 0 Å². The lowest BCUT2D eigenvalue weighted by atomic mass is 9.96. The summed E-state index contributed by atoms with van der Waals surface area (Å²) in [6.45, 7) is 11.1. The fourth-order valence-corrected chi connectivity index (χ4v) is 3.60. The molecule has 0 saturated carbocycles. The molecule has 1 nitrogen and oxygen atoms in total. The molecule has 108 valence electrons. The summed E-state index contributed by atoms with van der Waals surface area (Å²) in [5.74, 6) is 0. The number of aryl methyl sites for hydroxylation is 3. The average Bonchev–Trinajstić information content (AvgIpc) is 2.93. The molecular formula is C18H25NS. The molecule has 1 aromatic heterocycles. The highest BCUT2D eigenvalue weighted by atomic mass is 32.1. The van der Waals surface area contributed by atoms with E-state index in [-0.39, 0.29) is 0 Å². The summed E-state index contributed by atoms with van der Waals surface area (Å²) >= 11 is 1.84. The van der Waals surface area contributed by atoms with Crippen molar-refractivity contribution in [2.24, 2.45) is 0 Å². The number of nitrogens with one attached hydrogen (secondary N) is 1. The molecule has 2 heteroatoms. The van der Waals surface area contributed by atoms with Gasteiger partial charge in [0.15, 0.2) is 0 Å². The molecule has 2 aromatic rings. The van der Waals surface area contributed by atoms with Crippen LogP contribution in [0.2, 0.25) is 0 Å². The lowest BCUT2D eigenvalue weighted by Gasteiger charge is -2.24. The molecule has 20 heavy (non-hydrogen) atoms. The maximum absolute atomic E-state index is 3.78. The van der Waals surface area contributed by atoms with Crippen molar-refractivity contribution in [3.05, 3.63) is 56.8 Å². The van der Waals surface area contributed by atoms with Gasteiger partial charge in [-0.05, 0) is 67.8 Å². The van der Waals surface area contributed by atoms with Gasteiger partial charge in [0.1, 0.15) is 0 Å². The molecule has 0 fully saturated rings. The lowest BCUT2D eigenvalue weighted by Crippen LogP contribution is -2.24. The Balaban J connectivity index is 2.19. The van der Waals surface area contributed by atoms with E-state index in [1.165, 1.54) is 27.1 Å². The summed E-state index contributed by atoms with van der Waals surface area (Å²) in [4.78, 5) is 1.43. The van der Waals surface area contributed by atoms with Crippen LogP contribution in [0.15, 0.2) is 29.6 Å². The summed E-state index contributed by atoms with van der Waals surface area (Å²) < 4.78 is 0. The molecule has 2 atom stereocenters. The van der Waals surface area contributed by atoms with Crippen molar-refractivity contribution >= 4 is 11.3 Å². The minimum Gasteiger partial charge on any atom is -0.303 e. The topological polar surface area (TPSA) is 12.0 Å². The molecule has 0 bridgehead atoms. The van der Waals surface area contributed by atoms with E-state index >= 15 is 0 Å². The maximum Gasteiger partial charge on any atom is 0.0416 e. The van der Waals surface area contributed by atoms with Crippen molar-refractivity contribution in [2.45, 2.75) is 53.1 Å². The highest BCUT2D eigenvalue weighted by Crippen LogP contribution is 2.27. The first-order chi connectivity index (χ1) is 9.52. The van der Waals surface area contributed by atoms with E-state index in [0.717, 1.165) is 6.42 Å². The largest absolute Gasteiger partial charge is 0.303 e. The number of benzene rings is 1. The minimum atomic E-state index is 0.376. The molecular weight excluding hydrogens is 262 g/mol. The molecule has 0 amide bonds. The molecule has 0 spiro atoms. The first kappa shape index (κ1) is 15.3. The van der Waals surface area contributed by atoms with Crippen LogP contribution < -0.4 is 5.32 Å². The molecule has 0 saturated heterocycles. The van der Waals surface area contributed by atoms with Crippen molar-refractivity contribution < 1.29 is 0 Å². The van der Waals surface area contributed by atoms with Gasteiger partial charge in [-0.15, -0.1) is 11.3 Å². The van der Waals surface area contributed by atoms with Crippen molar-refractivity contribution in [1.29, 1.82) is 0 Å². The van der Waals surface area contributed by atoms with Crippen LogP contribution in [0.25, 0.3) is 0 Å². The second kappa shape index (κ2) is 6.55. The first-order valence-electron chi connectivity index (χ1n) is 7.40. The second-order valence-electron chi connectivity index (χ2n) is 5.66. The molecule has 0 aliphatic heterocycles. The van der Waals surface area contributed by atoms with E-state index in [2.05, 4.69) is 69.6 Å². The molecule has 1 N–H and O–H groups in total.